The van der Waals surface area contributed by atoms with Crippen molar-refractivity contribution in [2.45, 2.75) is 36.4 Å². The lowest BCUT2D eigenvalue weighted by atomic mass is 10.2. The van der Waals surface area contributed by atoms with Crippen LogP contribution in [0.2, 0.25) is 0 Å². The van der Waals surface area contributed by atoms with E-state index >= 15 is 0 Å². The lowest BCUT2D eigenvalue weighted by Crippen LogP contribution is -2.30. The summed E-state index contributed by atoms with van der Waals surface area (Å²) < 4.78 is 39.5. The molecule has 1 atom stereocenters. The van der Waals surface area contributed by atoms with Gasteiger partial charge in [0, 0.05) is 11.4 Å². The van der Waals surface area contributed by atoms with Crippen molar-refractivity contribution in [2.75, 3.05) is 6.54 Å². The third-order valence-electron chi connectivity index (χ3n) is 2.52. The van der Waals surface area contributed by atoms with Crippen molar-refractivity contribution >= 4 is 26.0 Å². The van der Waals surface area contributed by atoms with Crippen LogP contribution in [-0.2, 0) is 10.0 Å². The summed E-state index contributed by atoms with van der Waals surface area (Å²) in [5.41, 5.74) is 0.407. The first kappa shape index (κ1) is 15.6. The van der Waals surface area contributed by atoms with Crippen molar-refractivity contribution in [3.8, 4) is 0 Å². The second-order valence-electron chi connectivity index (χ2n) is 4.15. The molecule has 1 rings (SSSR count). The zero-order chi connectivity index (χ0) is 13.8. The fourth-order valence-electron chi connectivity index (χ4n) is 1.61. The number of hydrogen-bond donors (Lipinski definition) is 1. The first-order valence-electron chi connectivity index (χ1n) is 5.76. The van der Waals surface area contributed by atoms with E-state index < -0.39 is 15.8 Å². The van der Waals surface area contributed by atoms with Crippen LogP contribution in [0.1, 0.15) is 25.3 Å². The van der Waals surface area contributed by atoms with Crippen LogP contribution in [-0.4, -0.2) is 19.8 Å². The van der Waals surface area contributed by atoms with Crippen molar-refractivity contribution < 1.29 is 12.8 Å². The highest BCUT2D eigenvalue weighted by Crippen LogP contribution is 2.16. The van der Waals surface area contributed by atoms with Crippen LogP contribution < -0.4 is 4.72 Å². The van der Waals surface area contributed by atoms with Gasteiger partial charge in [0.25, 0.3) is 0 Å². The molecule has 0 aliphatic carbocycles. The third kappa shape index (κ3) is 4.33. The molecule has 0 aliphatic rings. The standard InChI is InChI=1S/C12H17BrFNO2S/c1-3-4-10(13)8-15-18(16,17)12-6-5-11(14)7-9(12)2/h5-7,10,15H,3-4,8H2,1-2H3. The van der Waals surface area contributed by atoms with Crippen LogP contribution in [0.4, 0.5) is 4.39 Å². The number of aryl methyl sites for hydroxylation is 1. The third-order valence-corrected chi connectivity index (χ3v) is 4.89. The normalized spacial score (nSPS) is 13.6. The van der Waals surface area contributed by atoms with E-state index in [1.54, 1.807) is 6.92 Å². The molecule has 6 heteroatoms. The Kier molecular flexibility index (Phi) is 5.75. The maximum atomic E-state index is 12.9. The number of hydrogen-bond acceptors (Lipinski definition) is 2. The summed E-state index contributed by atoms with van der Waals surface area (Å²) in [6.07, 6.45) is 1.87. The zero-order valence-electron chi connectivity index (χ0n) is 10.4. The average molecular weight is 338 g/mol. The molecular weight excluding hydrogens is 321 g/mol. The summed E-state index contributed by atoms with van der Waals surface area (Å²) in [6, 6.07) is 3.65. The minimum Gasteiger partial charge on any atom is -0.210 e. The van der Waals surface area contributed by atoms with Crippen LogP contribution in [0.3, 0.4) is 0 Å². The van der Waals surface area contributed by atoms with Gasteiger partial charge >= 0.3 is 0 Å². The highest BCUT2D eigenvalue weighted by atomic mass is 79.9. The van der Waals surface area contributed by atoms with Crippen LogP contribution >= 0.6 is 15.9 Å². The quantitative estimate of drug-likeness (QED) is 0.811. The number of halogens is 2. The molecule has 0 spiro atoms. The van der Waals surface area contributed by atoms with Gasteiger partial charge in [-0.2, -0.15) is 0 Å². The monoisotopic (exact) mass is 337 g/mol. The van der Waals surface area contributed by atoms with Gasteiger partial charge in [-0.15, -0.1) is 0 Å². The molecule has 18 heavy (non-hydrogen) atoms. The van der Waals surface area contributed by atoms with E-state index in [9.17, 15) is 12.8 Å². The maximum Gasteiger partial charge on any atom is 0.240 e. The molecule has 0 aliphatic heterocycles. The predicted molar refractivity (Wildman–Crippen MR) is 73.9 cm³/mol. The second kappa shape index (κ2) is 6.63. The summed E-state index contributed by atoms with van der Waals surface area (Å²) in [5, 5.41) is 0. The van der Waals surface area contributed by atoms with Gasteiger partial charge < -0.3 is 0 Å². The molecule has 1 aromatic rings. The van der Waals surface area contributed by atoms with Crippen LogP contribution in [0.25, 0.3) is 0 Å². The first-order valence-corrected chi connectivity index (χ1v) is 8.16. The van der Waals surface area contributed by atoms with E-state index in [1.807, 2.05) is 6.92 Å². The van der Waals surface area contributed by atoms with Gasteiger partial charge in [-0.1, -0.05) is 29.3 Å². The molecule has 0 fully saturated rings. The molecule has 0 bridgehead atoms. The zero-order valence-corrected chi connectivity index (χ0v) is 12.8. The Bertz CT molecular complexity index is 505. The van der Waals surface area contributed by atoms with Crippen molar-refractivity contribution in [3.05, 3.63) is 29.6 Å². The molecule has 0 heterocycles. The Labute approximate surface area is 116 Å². The number of alkyl halides is 1. The number of sulfonamides is 1. The van der Waals surface area contributed by atoms with Gasteiger partial charge in [0.1, 0.15) is 5.82 Å². The number of benzene rings is 1. The fraction of sp³-hybridized carbons (Fsp3) is 0.500. The van der Waals surface area contributed by atoms with Crippen molar-refractivity contribution in [1.82, 2.24) is 4.72 Å². The first-order chi connectivity index (χ1) is 8.36. The van der Waals surface area contributed by atoms with Crippen molar-refractivity contribution in [2.24, 2.45) is 0 Å². The minimum absolute atomic E-state index is 0.109. The molecule has 3 nitrogen and oxygen atoms in total. The Balaban J connectivity index is 2.80. The van der Waals surface area contributed by atoms with Crippen LogP contribution in [0, 0.1) is 12.7 Å². The Morgan fingerprint density at radius 3 is 2.67 bits per heavy atom. The van der Waals surface area contributed by atoms with Gasteiger partial charge in [-0.25, -0.2) is 17.5 Å². The molecule has 1 aromatic carbocycles. The summed E-state index contributed by atoms with van der Waals surface area (Å²) in [6.45, 7) is 3.94. The lowest BCUT2D eigenvalue weighted by molar-refractivity contribution is 0.576. The van der Waals surface area contributed by atoms with Gasteiger partial charge in [0.05, 0.1) is 4.90 Å². The molecular formula is C12H17BrFNO2S. The van der Waals surface area contributed by atoms with E-state index in [-0.39, 0.29) is 9.72 Å². The van der Waals surface area contributed by atoms with Gasteiger partial charge in [0.15, 0.2) is 0 Å². The summed E-state index contributed by atoms with van der Waals surface area (Å²) in [4.78, 5) is 0.234. The topological polar surface area (TPSA) is 46.2 Å². The summed E-state index contributed by atoms with van der Waals surface area (Å²) in [7, 11) is -3.57. The molecule has 1 unspecified atom stereocenters. The highest BCUT2D eigenvalue weighted by molar-refractivity contribution is 9.09. The molecule has 0 amide bonds. The maximum absolute atomic E-state index is 12.9. The van der Waals surface area contributed by atoms with Crippen molar-refractivity contribution in [3.63, 3.8) is 0 Å². The molecule has 0 saturated carbocycles. The molecule has 1 N–H and O–H groups in total. The predicted octanol–water partition coefficient (Wildman–Crippen LogP) is 2.98. The van der Waals surface area contributed by atoms with Crippen LogP contribution in [0.5, 0.6) is 0 Å². The number of rotatable bonds is 6. The highest BCUT2D eigenvalue weighted by Gasteiger charge is 2.18. The minimum atomic E-state index is -3.57. The number of nitrogens with one attached hydrogen (secondary N) is 1. The van der Waals surface area contributed by atoms with E-state index in [0.717, 1.165) is 18.9 Å². The van der Waals surface area contributed by atoms with E-state index in [4.69, 9.17) is 0 Å². The van der Waals surface area contributed by atoms with E-state index in [0.29, 0.717) is 12.1 Å². The Morgan fingerprint density at radius 2 is 2.11 bits per heavy atom. The SMILES string of the molecule is CCCC(Br)CNS(=O)(=O)c1ccc(F)cc1C. The summed E-state index contributed by atoms with van der Waals surface area (Å²) >= 11 is 3.41. The van der Waals surface area contributed by atoms with Gasteiger partial charge in [0.2, 0.25) is 10.0 Å². The van der Waals surface area contributed by atoms with Gasteiger partial charge in [-0.05, 0) is 37.1 Å². The Morgan fingerprint density at radius 1 is 1.44 bits per heavy atom. The fourth-order valence-corrected chi connectivity index (χ4v) is 3.75. The smallest absolute Gasteiger partial charge is 0.210 e. The summed E-state index contributed by atoms with van der Waals surface area (Å²) in [5.74, 6) is -0.434. The van der Waals surface area contributed by atoms with E-state index in [2.05, 4.69) is 20.7 Å². The molecule has 0 saturated heterocycles. The average Bonchev–Trinajstić information content (AvgIpc) is 2.26. The largest absolute Gasteiger partial charge is 0.240 e. The second-order valence-corrected chi connectivity index (χ2v) is 7.18. The molecule has 0 aromatic heterocycles. The lowest BCUT2D eigenvalue weighted by Gasteiger charge is -2.12. The molecule has 102 valence electrons. The molecule has 0 radical (unpaired) electrons. The van der Waals surface area contributed by atoms with Crippen molar-refractivity contribution in [1.29, 1.82) is 0 Å². The van der Waals surface area contributed by atoms with Crippen LogP contribution in [0.15, 0.2) is 23.1 Å². The van der Waals surface area contributed by atoms with Gasteiger partial charge in [-0.3, -0.25) is 0 Å². The van der Waals surface area contributed by atoms with E-state index in [1.165, 1.54) is 12.1 Å². The Hall–Kier alpha value is -0.460.